The summed E-state index contributed by atoms with van der Waals surface area (Å²) >= 11 is 7.28. The molecule has 1 aromatic carbocycles. The van der Waals surface area contributed by atoms with Gasteiger partial charge in [-0.15, -0.1) is 11.3 Å². The van der Waals surface area contributed by atoms with Crippen LogP contribution in [-0.2, 0) is 6.61 Å². The molecule has 1 heterocycles. The number of hydrogen-bond acceptors (Lipinski definition) is 3. The number of rotatable bonds is 6. The predicted octanol–water partition coefficient (Wildman–Crippen LogP) is 4.79. The van der Waals surface area contributed by atoms with Gasteiger partial charge in [-0.05, 0) is 43.3 Å². The quantitative estimate of drug-likeness (QED) is 0.828. The average Bonchev–Trinajstić information content (AvgIpc) is 2.83. The van der Waals surface area contributed by atoms with Crippen LogP contribution < -0.4 is 10.1 Å². The molecule has 0 saturated carbocycles. The normalized spacial score (nSPS) is 12.4. The Morgan fingerprint density at radius 2 is 2.15 bits per heavy atom. The first-order valence-electron chi connectivity index (χ1n) is 6.50. The molecule has 0 aliphatic rings. The molecular formula is C15H17ClFNOS. The van der Waals surface area contributed by atoms with E-state index in [0.29, 0.717) is 10.9 Å². The molecule has 2 aromatic rings. The average molecular weight is 314 g/mol. The molecule has 0 saturated heterocycles. The zero-order valence-electron chi connectivity index (χ0n) is 11.5. The first-order chi connectivity index (χ1) is 9.60. The molecule has 1 aromatic heterocycles. The monoisotopic (exact) mass is 313 g/mol. The Balaban J connectivity index is 2.02. The van der Waals surface area contributed by atoms with Crippen molar-refractivity contribution in [2.24, 2.45) is 0 Å². The molecule has 20 heavy (non-hydrogen) atoms. The van der Waals surface area contributed by atoms with Gasteiger partial charge in [-0.2, -0.15) is 0 Å². The maximum absolute atomic E-state index is 14.0. The molecule has 0 fully saturated rings. The van der Waals surface area contributed by atoms with Crippen LogP contribution in [0.15, 0.2) is 30.3 Å². The van der Waals surface area contributed by atoms with Crippen molar-refractivity contribution in [2.45, 2.75) is 26.5 Å². The fraction of sp³-hybridized carbons (Fsp3) is 0.333. The summed E-state index contributed by atoms with van der Waals surface area (Å²) in [6, 6.07) is 8.89. The van der Waals surface area contributed by atoms with Gasteiger partial charge in [0.25, 0.3) is 0 Å². The maximum atomic E-state index is 14.0. The SMILES string of the molecule is CCNC(C)c1ccc(OCc2ccc(Cl)s2)c(F)c1. The summed E-state index contributed by atoms with van der Waals surface area (Å²) in [7, 11) is 0. The molecular weight excluding hydrogens is 297 g/mol. The van der Waals surface area contributed by atoms with E-state index in [0.717, 1.165) is 17.0 Å². The molecule has 1 unspecified atom stereocenters. The second kappa shape index (κ2) is 7.07. The highest BCUT2D eigenvalue weighted by Crippen LogP contribution is 2.25. The Morgan fingerprint density at radius 3 is 2.75 bits per heavy atom. The molecule has 0 amide bonds. The molecule has 0 bridgehead atoms. The van der Waals surface area contributed by atoms with E-state index < -0.39 is 0 Å². The van der Waals surface area contributed by atoms with E-state index >= 15 is 0 Å². The van der Waals surface area contributed by atoms with Gasteiger partial charge in [0.05, 0.1) is 4.34 Å². The van der Waals surface area contributed by atoms with Crippen LogP contribution in [0.4, 0.5) is 4.39 Å². The van der Waals surface area contributed by atoms with Crippen molar-refractivity contribution in [3.8, 4) is 5.75 Å². The number of ether oxygens (including phenoxy) is 1. The largest absolute Gasteiger partial charge is 0.485 e. The van der Waals surface area contributed by atoms with Gasteiger partial charge in [0, 0.05) is 10.9 Å². The van der Waals surface area contributed by atoms with Crippen LogP contribution in [-0.4, -0.2) is 6.54 Å². The summed E-state index contributed by atoms with van der Waals surface area (Å²) in [5, 5.41) is 3.25. The minimum Gasteiger partial charge on any atom is -0.485 e. The van der Waals surface area contributed by atoms with Gasteiger partial charge in [0.15, 0.2) is 11.6 Å². The van der Waals surface area contributed by atoms with Crippen molar-refractivity contribution < 1.29 is 9.13 Å². The van der Waals surface area contributed by atoms with Crippen molar-refractivity contribution >= 4 is 22.9 Å². The molecule has 2 rings (SSSR count). The fourth-order valence-electron chi connectivity index (χ4n) is 1.91. The van der Waals surface area contributed by atoms with Crippen LogP contribution >= 0.6 is 22.9 Å². The molecule has 0 aliphatic heterocycles. The summed E-state index contributed by atoms with van der Waals surface area (Å²) in [4.78, 5) is 0.972. The summed E-state index contributed by atoms with van der Waals surface area (Å²) in [6.45, 7) is 5.21. The number of nitrogens with one attached hydrogen (secondary N) is 1. The smallest absolute Gasteiger partial charge is 0.165 e. The van der Waals surface area contributed by atoms with Crippen LogP contribution in [0.25, 0.3) is 0 Å². The van der Waals surface area contributed by atoms with Gasteiger partial charge in [-0.3, -0.25) is 0 Å². The Kier molecular flexibility index (Phi) is 5.40. The zero-order valence-corrected chi connectivity index (χ0v) is 13.0. The summed E-state index contributed by atoms with van der Waals surface area (Å²) in [6.07, 6.45) is 0. The Hall–Kier alpha value is -1.10. The van der Waals surface area contributed by atoms with Crippen molar-refractivity contribution in [3.63, 3.8) is 0 Å². The summed E-state index contributed by atoms with van der Waals surface area (Å²) in [5.74, 6) is -0.0723. The third-order valence-electron chi connectivity index (χ3n) is 2.97. The third-order valence-corrected chi connectivity index (χ3v) is 4.17. The van der Waals surface area contributed by atoms with Crippen LogP contribution in [0.2, 0.25) is 4.34 Å². The highest BCUT2D eigenvalue weighted by molar-refractivity contribution is 7.16. The summed E-state index contributed by atoms with van der Waals surface area (Å²) < 4.78 is 20.2. The number of thiophene rings is 1. The van der Waals surface area contributed by atoms with Gasteiger partial charge in [0.2, 0.25) is 0 Å². The molecule has 0 spiro atoms. The standard InChI is InChI=1S/C15H17ClFNOS/c1-3-18-10(2)11-4-6-14(13(17)8-11)19-9-12-5-7-15(16)20-12/h4-8,10,18H,3,9H2,1-2H3. The molecule has 1 N–H and O–H groups in total. The van der Waals surface area contributed by atoms with E-state index in [-0.39, 0.29) is 17.6 Å². The van der Waals surface area contributed by atoms with Gasteiger partial charge >= 0.3 is 0 Å². The number of benzene rings is 1. The predicted molar refractivity (Wildman–Crippen MR) is 82.2 cm³/mol. The highest BCUT2D eigenvalue weighted by atomic mass is 35.5. The van der Waals surface area contributed by atoms with E-state index in [1.165, 1.54) is 17.4 Å². The van der Waals surface area contributed by atoms with Gasteiger partial charge in [-0.1, -0.05) is 24.6 Å². The van der Waals surface area contributed by atoms with Gasteiger partial charge in [-0.25, -0.2) is 4.39 Å². The molecule has 108 valence electrons. The third kappa shape index (κ3) is 3.95. The topological polar surface area (TPSA) is 21.3 Å². The van der Waals surface area contributed by atoms with Crippen molar-refractivity contribution in [1.29, 1.82) is 0 Å². The lowest BCUT2D eigenvalue weighted by molar-refractivity contribution is 0.293. The lowest BCUT2D eigenvalue weighted by Crippen LogP contribution is -2.17. The number of halogens is 2. The fourth-order valence-corrected chi connectivity index (χ4v) is 2.91. The van der Waals surface area contributed by atoms with Crippen molar-refractivity contribution in [1.82, 2.24) is 5.32 Å². The van der Waals surface area contributed by atoms with E-state index in [9.17, 15) is 4.39 Å². The maximum Gasteiger partial charge on any atom is 0.165 e. The minimum absolute atomic E-state index is 0.125. The first kappa shape index (κ1) is 15.3. The number of hydrogen-bond donors (Lipinski definition) is 1. The highest BCUT2D eigenvalue weighted by Gasteiger charge is 2.09. The molecule has 2 nitrogen and oxygen atoms in total. The van der Waals surface area contributed by atoms with Crippen LogP contribution in [0, 0.1) is 5.82 Å². The van der Waals surface area contributed by atoms with Crippen LogP contribution in [0.1, 0.15) is 30.3 Å². The van der Waals surface area contributed by atoms with E-state index in [1.807, 2.05) is 32.0 Å². The van der Waals surface area contributed by atoms with E-state index in [2.05, 4.69) is 5.32 Å². The second-order valence-corrected chi connectivity index (χ2v) is 6.26. The van der Waals surface area contributed by atoms with Gasteiger partial charge < -0.3 is 10.1 Å². The lowest BCUT2D eigenvalue weighted by Gasteiger charge is -2.14. The Morgan fingerprint density at radius 1 is 1.35 bits per heavy atom. The molecule has 0 aliphatic carbocycles. The second-order valence-electron chi connectivity index (χ2n) is 4.46. The molecule has 5 heteroatoms. The minimum atomic E-state index is -0.338. The summed E-state index contributed by atoms with van der Waals surface area (Å²) in [5.41, 5.74) is 0.913. The molecule has 0 radical (unpaired) electrons. The Labute approximate surface area is 127 Å². The van der Waals surface area contributed by atoms with Crippen molar-refractivity contribution in [3.05, 3.63) is 50.9 Å². The van der Waals surface area contributed by atoms with Crippen LogP contribution in [0.3, 0.4) is 0 Å². The van der Waals surface area contributed by atoms with E-state index in [4.69, 9.17) is 16.3 Å². The van der Waals surface area contributed by atoms with Crippen LogP contribution in [0.5, 0.6) is 5.75 Å². The lowest BCUT2D eigenvalue weighted by atomic mass is 10.1. The van der Waals surface area contributed by atoms with Gasteiger partial charge in [0.1, 0.15) is 6.61 Å². The van der Waals surface area contributed by atoms with Crippen molar-refractivity contribution in [2.75, 3.05) is 6.54 Å². The first-order valence-corrected chi connectivity index (χ1v) is 7.69. The Bertz CT molecular complexity index is 573. The molecule has 1 atom stereocenters. The zero-order chi connectivity index (χ0) is 14.5. The van der Waals surface area contributed by atoms with E-state index in [1.54, 1.807) is 6.07 Å².